The van der Waals surface area contributed by atoms with E-state index in [1.54, 1.807) is 12.3 Å². The molecule has 31 heavy (non-hydrogen) atoms. The van der Waals surface area contributed by atoms with Crippen LogP contribution in [0.1, 0.15) is 11.1 Å². The van der Waals surface area contributed by atoms with Crippen LogP contribution in [0.25, 0.3) is 0 Å². The molecule has 0 atom stereocenters. The number of halogens is 3. The monoisotopic (exact) mass is 486 g/mol. The van der Waals surface area contributed by atoms with Crippen molar-refractivity contribution in [3.05, 3.63) is 58.1 Å². The lowest BCUT2D eigenvalue weighted by atomic mass is 10.2. The lowest BCUT2D eigenvalue weighted by Gasteiger charge is -2.32. The first kappa shape index (κ1) is 26.3. The summed E-state index contributed by atoms with van der Waals surface area (Å²) in [7, 11) is 4.32. The van der Waals surface area contributed by atoms with Gasteiger partial charge in [0.1, 0.15) is 10.3 Å². The minimum Gasteiger partial charge on any atom is -0.314 e. The average molecular weight is 488 g/mol. The third-order valence-corrected chi connectivity index (χ3v) is 5.83. The molecule has 0 saturated carbocycles. The van der Waals surface area contributed by atoms with Crippen LogP contribution in [-0.2, 0) is 12.4 Å². The Morgan fingerprint density at radius 2 is 1.29 bits per heavy atom. The number of likely N-dealkylation sites (N-methyl/N-ethyl adjacent to an activating group) is 2. The van der Waals surface area contributed by atoms with Gasteiger partial charge in [-0.1, -0.05) is 35.3 Å². The summed E-state index contributed by atoms with van der Waals surface area (Å²) in [6.45, 7) is 10.3. The molecule has 1 N–H and O–H groups in total. The fourth-order valence-corrected chi connectivity index (χ4v) is 3.41. The van der Waals surface area contributed by atoms with Crippen molar-refractivity contribution in [2.75, 3.05) is 66.5 Å². The SMILES string of the molecule is CN1CCN(Cc2ccc(Cl)nc2)CC1.CN1CCNCC1.ClCc1ccc(Cl)nc1. The van der Waals surface area contributed by atoms with Gasteiger partial charge in [-0.3, -0.25) is 4.90 Å². The smallest absolute Gasteiger partial charge is 0.129 e. The van der Waals surface area contributed by atoms with Gasteiger partial charge < -0.3 is 15.1 Å². The van der Waals surface area contributed by atoms with E-state index in [1.165, 1.54) is 18.7 Å². The quantitative estimate of drug-likeness (QED) is 0.528. The zero-order valence-corrected chi connectivity index (χ0v) is 20.7. The summed E-state index contributed by atoms with van der Waals surface area (Å²) in [5, 5.41) is 4.34. The molecular weight excluding hydrogens is 455 g/mol. The Morgan fingerprint density at radius 3 is 1.71 bits per heavy atom. The van der Waals surface area contributed by atoms with Crippen LogP contribution in [-0.4, -0.2) is 91.1 Å². The summed E-state index contributed by atoms with van der Waals surface area (Å²) in [5.41, 5.74) is 2.23. The average Bonchev–Trinajstić information content (AvgIpc) is 2.79. The summed E-state index contributed by atoms with van der Waals surface area (Å²) in [4.78, 5) is 15.1. The molecule has 172 valence electrons. The van der Waals surface area contributed by atoms with Gasteiger partial charge in [0.2, 0.25) is 0 Å². The molecule has 0 aromatic carbocycles. The standard InChI is InChI=1S/C11H16ClN3.C6H5Cl2N.C5H12N2/c1-14-4-6-15(7-5-14)9-10-2-3-11(12)13-8-10;7-3-5-1-2-6(8)9-4-5;1-7-4-2-6-3-5-7/h2-3,8H,4-7,9H2,1H3;1-2,4H,3H2;6H,2-5H2,1H3. The van der Waals surface area contributed by atoms with E-state index in [0.717, 1.165) is 51.4 Å². The third-order valence-electron chi connectivity index (χ3n) is 5.07. The topological polar surface area (TPSA) is 47.5 Å². The lowest BCUT2D eigenvalue weighted by molar-refractivity contribution is 0.148. The van der Waals surface area contributed by atoms with Crippen molar-refractivity contribution in [3.8, 4) is 0 Å². The van der Waals surface area contributed by atoms with E-state index in [2.05, 4.69) is 44.1 Å². The molecular formula is C22H33Cl3N6. The Bertz CT molecular complexity index is 715. The summed E-state index contributed by atoms with van der Waals surface area (Å²) in [6.07, 6.45) is 3.52. The van der Waals surface area contributed by atoms with E-state index in [9.17, 15) is 0 Å². The summed E-state index contributed by atoms with van der Waals surface area (Å²) < 4.78 is 0. The zero-order valence-electron chi connectivity index (χ0n) is 18.4. The molecule has 0 unspecified atom stereocenters. The van der Waals surface area contributed by atoms with Crippen LogP contribution in [0.3, 0.4) is 0 Å². The van der Waals surface area contributed by atoms with Gasteiger partial charge in [-0.05, 0) is 37.4 Å². The van der Waals surface area contributed by atoms with Crippen LogP contribution in [0.5, 0.6) is 0 Å². The van der Waals surface area contributed by atoms with Gasteiger partial charge in [-0.15, -0.1) is 11.6 Å². The number of piperazine rings is 2. The molecule has 0 amide bonds. The highest BCUT2D eigenvalue weighted by molar-refractivity contribution is 6.29. The first-order valence-electron chi connectivity index (χ1n) is 10.5. The highest BCUT2D eigenvalue weighted by atomic mass is 35.5. The maximum atomic E-state index is 5.74. The second-order valence-corrected chi connectivity index (χ2v) is 8.79. The molecule has 0 aliphatic carbocycles. The Hall–Kier alpha value is -0.990. The fraction of sp³-hybridized carbons (Fsp3) is 0.545. The van der Waals surface area contributed by atoms with Gasteiger partial charge in [-0.2, -0.15) is 0 Å². The summed E-state index contributed by atoms with van der Waals surface area (Å²) >= 11 is 16.8. The number of hydrogen-bond donors (Lipinski definition) is 1. The highest BCUT2D eigenvalue weighted by Crippen LogP contribution is 2.09. The van der Waals surface area contributed by atoms with Crippen molar-refractivity contribution in [2.24, 2.45) is 0 Å². The van der Waals surface area contributed by atoms with Gasteiger partial charge in [0.05, 0.1) is 0 Å². The third kappa shape index (κ3) is 11.4. The number of alkyl halides is 1. The van der Waals surface area contributed by atoms with Gasteiger partial charge in [0, 0.05) is 77.2 Å². The number of nitrogens with zero attached hydrogens (tertiary/aromatic N) is 5. The van der Waals surface area contributed by atoms with Crippen LogP contribution in [0.2, 0.25) is 10.3 Å². The Kier molecular flexibility index (Phi) is 12.7. The van der Waals surface area contributed by atoms with E-state index >= 15 is 0 Å². The van der Waals surface area contributed by atoms with Gasteiger partial charge in [-0.25, -0.2) is 9.97 Å². The van der Waals surface area contributed by atoms with Crippen molar-refractivity contribution in [3.63, 3.8) is 0 Å². The summed E-state index contributed by atoms with van der Waals surface area (Å²) in [5.74, 6) is 0.490. The normalized spacial score (nSPS) is 17.8. The molecule has 0 bridgehead atoms. The Labute approximate surface area is 201 Å². The second-order valence-electron chi connectivity index (χ2n) is 7.74. The zero-order chi connectivity index (χ0) is 22.5. The van der Waals surface area contributed by atoms with Crippen LogP contribution >= 0.6 is 34.8 Å². The van der Waals surface area contributed by atoms with Crippen molar-refractivity contribution in [2.45, 2.75) is 12.4 Å². The molecule has 4 heterocycles. The van der Waals surface area contributed by atoms with Crippen LogP contribution in [0, 0.1) is 0 Å². The molecule has 2 aromatic heterocycles. The fourth-order valence-electron chi connectivity index (χ4n) is 3.03. The second kappa shape index (κ2) is 15.0. The predicted molar refractivity (Wildman–Crippen MR) is 131 cm³/mol. The van der Waals surface area contributed by atoms with Crippen LogP contribution < -0.4 is 5.32 Å². The number of aromatic nitrogens is 2. The predicted octanol–water partition coefficient (Wildman–Crippen LogP) is 3.48. The van der Waals surface area contributed by atoms with Gasteiger partial charge >= 0.3 is 0 Å². The van der Waals surface area contributed by atoms with Crippen LogP contribution in [0.15, 0.2) is 36.7 Å². The first-order valence-corrected chi connectivity index (χ1v) is 11.8. The molecule has 2 aromatic rings. The van der Waals surface area contributed by atoms with Crippen molar-refractivity contribution < 1.29 is 0 Å². The number of rotatable bonds is 3. The maximum Gasteiger partial charge on any atom is 0.129 e. The Balaban J connectivity index is 0.000000181. The molecule has 0 radical (unpaired) electrons. The van der Waals surface area contributed by atoms with Gasteiger partial charge in [0.15, 0.2) is 0 Å². The molecule has 4 rings (SSSR count). The van der Waals surface area contributed by atoms with E-state index in [0.29, 0.717) is 16.2 Å². The summed E-state index contributed by atoms with van der Waals surface area (Å²) in [6, 6.07) is 7.47. The van der Waals surface area contributed by atoms with E-state index < -0.39 is 0 Å². The first-order chi connectivity index (χ1) is 15.0. The molecule has 2 aliphatic heterocycles. The van der Waals surface area contributed by atoms with E-state index in [-0.39, 0.29) is 0 Å². The maximum absolute atomic E-state index is 5.74. The molecule has 2 fully saturated rings. The number of nitrogens with one attached hydrogen (secondary N) is 1. The minimum absolute atomic E-state index is 0.490. The van der Waals surface area contributed by atoms with E-state index in [1.807, 2.05) is 24.4 Å². The lowest BCUT2D eigenvalue weighted by Crippen LogP contribution is -2.43. The number of hydrogen-bond acceptors (Lipinski definition) is 6. The number of pyridine rings is 2. The van der Waals surface area contributed by atoms with Crippen LogP contribution in [0.4, 0.5) is 0 Å². The van der Waals surface area contributed by atoms with E-state index in [4.69, 9.17) is 34.8 Å². The van der Waals surface area contributed by atoms with Crippen molar-refractivity contribution >= 4 is 34.8 Å². The molecule has 0 spiro atoms. The Morgan fingerprint density at radius 1 is 0.774 bits per heavy atom. The largest absolute Gasteiger partial charge is 0.314 e. The molecule has 6 nitrogen and oxygen atoms in total. The van der Waals surface area contributed by atoms with Crippen molar-refractivity contribution in [1.82, 2.24) is 30.0 Å². The highest BCUT2D eigenvalue weighted by Gasteiger charge is 2.13. The van der Waals surface area contributed by atoms with Crippen molar-refractivity contribution in [1.29, 1.82) is 0 Å². The minimum atomic E-state index is 0.490. The molecule has 2 aliphatic rings. The molecule has 2 saturated heterocycles. The van der Waals surface area contributed by atoms with Gasteiger partial charge in [0.25, 0.3) is 0 Å². The molecule has 9 heteroatoms.